The van der Waals surface area contributed by atoms with Crippen LogP contribution in [0, 0.1) is 35.0 Å². The van der Waals surface area contributed by atoms with E-state index in [0.29, 0.717) is 17.8 Å². The number of para-hydroxylation sites is 1. The van der Waals surface area contributed by atoms with Crippen molar-refractivity contribution in [1.29, 1.82) is 5.26 Å². The van der Waals surface area contributed by atoms with Crippen LogP contribution in [0.15, 0.2) is 108 Å². The van der Waals surface area contributed by atoms with E-state index in [2.05, 4.69) is 119 Å². The van der Waals surface area contributed by atoms with Crippen molar-refractivity contribution in [3.8, 4) is 6.07 Å². The number of rotatable bonds is 3. The summed E-state index contributed by atoms with van der Waals surface area (Å²) in [4.78, 5) is 2.65. The van der Waals surface area contributed by atoms with E-state index in [9.17, 15) is 5.26 Å². The largest absolute Gasteiger partial charge is 0.336 e. The van der Waals surface area contributed by atoms with Crippen LogP contribution in [0.1, 0.15) is 50.3 Å². The van der Waals surface area contributed by atoms with Crippen LogP contribution < -0.4 is 4.90 Å². The minimum absolute atomic E-state index is 0.154. The maximum Gasteiger partial charge on any atom is 0.0902 e. The average molecular weight is 534 g/mol. The van der Waals surface area contributed by atoms with E-state index >= 15 is 0 Å². The van der Waals surface area contributed by atoms with Crippen molar-refractivity contribution in [1.82, 2.24) is 4.57 Å². The van der Waals surface area contributed by atoms with E-state index < -0.39 is 0 Å². The third kappa shape index (κ3) is 3.71. The van der Waals surface area contributed by atoms with Gasteiger partial charge in [0.25, 0.3) is 0 Å². The van der Waals surface area contributed by atoms with Gasteiger partial charge in [0.05, 0.1) is 29.2 Å². The summed E-state index contributed by atoms with van der Waals surface area (Å²) in [5.41, 5.74) is 14.2. The molecular weight excluding hydrogens is 498 g/mol. The van der Waals surface area contributed by atoms with Crippen molar-refractivity contribution in [3.05, 3.63) is 119 Å². The van der Waals surface area contributed by atoms with Gasteiger partial charge >= 0.3 is 0 Å². The van der Waals surface area contributed by atoms with Gasteiger partial charge in [0.15, 0.2) is 0 Å². The molecule has 8 rings (SSSR count). The SMILES string of the molecule is CC1C=Cc2c(n(C3=CC=CCC3C#N)c3c(N4C5=CC=CCC5C5C(C6=C=CCCC6)=CC=CC54)cccc23)C1. The van der Waals surface area contributed by atoms with Crippen LogP contribution in [0.25, 0.3) is 22.7 Å². The van der Waals surface area contributed by atoms with Gasteiger partial charge in [-0.1, -0.05) is 73.7 Å². The number of nitrogens with zero attached hydrogens (tertiary/aromatic N) is 3. The smallest absolute Gasteiger partial charge is 0.0902 e. The summed E-state index contributed by atoms with van der Waals surface area (Å²) in [5.74, 6) is 1.15. The number of allylic oxidation sites excluding steroid dienone is 12. The normalized spacial score (nSPS) is 29.4. The molecule has 5 unspecified atom stereocenters. The van der Waals surface area contributed by atoms with Crippen molar-refractivity contribution in [2.24, 2.45) is 23.7 Å². The average Bonchev–Trinajstić information content (AvgIpc) is 3.54. The molecule has 1 saturated heterocycles. The van der Waals surface area contributed by atoms with Gasteiger partial charge in [-0.15, -0.1) is 5.73 Å². The summed E-state index contributed by atoms with van der Waals surface area (Å²) >= 11 is 0. The van der Waals surface area contributed by atoms with Gasteiger partial charge in [-0.25, -0.2) is 0 Å². The van der Waals surface area contributed by atoms with E-state index in [4.69, 9.17) is 0 Å². The van der Waals surface area contributed by atoms with Gasteiger partial charge in [-0.2, -0.15) is 5.26 Å². The molecule has 0 bridgehead atoms. The molecule has 2 aromatic rings. The number of anilines is 1. The fourth-order valence-electron chi connectivity index (χ4n) is 8.13. The molecule has 3 heteroatoms. The zero-order chi connectivity index (χ0) is 27.5. The van der Waals surface area contributed by atoms with E-state index in [1.54, 1.807) is 0 Å². The minimum atomic E-state index is -0.154. The monoisotopic (exact) mass is 533 g/mol. The third-order valence-electron chi connectivity index (χ3n) is 9.92. The molecule has 0 radical (unpaired) electrons. The van der Waals surface area contributed by atoms with Crippen LogP contribution in [-0.4, -0.2) is 10.6 Å². The Kier molecular flexibility index (Phi) is 5.80. The van der Waals surface area contributed by atoms with Crippen LogP contribution >= 0.6 is 0 Å². The first-order valence-corrected chi connectivity index (χ1v) is 15.3. The van der Waals surface area contributed by atoms with Gasteiger partial charge in [-0.3, -0.25) is 0 Å². The summed E-state index contributed by atoms with van der Waals surface area (Å²) in [6, 6.07) is 9.71. The fraction of sp³-hybridized carbons (Fsp3) is 0.316. The minimum Gasteiger partial charge on any atom is -0.336 e. The number of hydrogen-bond donors (Lipinski definition) is 0. The Morgan fingerprint density at radius 1 is 1.00 bits per heavy atom. The lowest BCUT2D eigenvalue weighted by atomic mass is 9.74. The second-order valence-electron chi connectivity index (χ2n) is 12.3. The van der Waals surface area contributed by atoms with Crippen molar-refractivity contribution in [2.75, 3.05) is 4.90 Å². The predicted molar refractivity (Wildman–Crippen MR) is 169 cm³/mol. The summed E-state index contributed by atoms with van der Waals surface area (Å²) in [6.07, 6.45) is 33.7. The fourth-order valence-corrected chi connectivity index (χ4v) is 8.13. The number of nitriles is 1. The van der Waals surface area contributed by atoms with Crippen LogP contribution in [-0.2, 0) is 6.42 Å². The first-order valence-electron chi connectivity index (χ1n) is 15.3. The Balaban J connectivity index is 1.37. The lowest BCUT2D eigenvalue weighted by Crippen LogP contribution is -2.33. The van der Waals surface area contributed by atoms with E-state index in [1.807, 2.05) is 0 Å². The zero-order valence-electron chi connectivity index (χ0n) is 23.6. The summed E-state index contributed by atoms with van der Waals surface area (Å²) in [7, 11) is 0. The second-order valence-corrected chi connectivity index (χ2v) is 12.3. The molecule has 3 nitrogen and oxygen atoms in total. The lowest BCUT2D eigenvalue weighted by Gasteiger charge is -2.33. The Morgan fingerprint density at radius 3 is 2.73 bits per heavy atom. The Bertz CT molecular complexity index is 1780. The molecule has 2 heterocycles. The maximum atomic E-state index is 10.2. The summed E-state index contributed by atoms with van der Waals surface area (Å²) in [5, 5.41) is 11.5. The van der Waals surface area contributed by atoms with Crippen molar-refractivity contribution in [2.45, 2.75) is 51.5 Å². The van der Waals surface area contributed by atoms with Crippen LogP contribution in [0.2, 0.25) is 0 Å². The first kappa shape index (κ1) is 24.5. The molecule has 5 atom stereocenters. The molecule has 202 valence electrons. The van der Waals surface area contributed by atoms with E-state index in [0.717, 1.165) is 37.8 Å². The Morgan fingerprint density at radius 2 is 1.88 bits per heavy atom. The summed E-state index contributed by atoms with van der Waals surface area (Å²) in [6.45, 7) is 2.29. The molecule has 6 aliphatic rings. The maximum absolute atomic E-state index is 10.2. The molecule has 1 aliphatic heterocycles. The van der Waals surface area contributed by atoms with E-state index in [1.165, 1.54) is 51.1 Å². The number of hydrogen-bond acceptors (Lipinski definition) is 2. The molecule has 0 N–H and O–H groups in total. The number of benzene rings is 1. The third-order valence-corrected chi connectivity index (χ3v) is 9.92. The number of aromatic nitrogens is 1. The molecule has 41 heavy (non-hydrogen) atoms. The van der Waals surface area contributed by atoms with Gasteiger partial charge in [0.2, 0.25) is 0 Å². The van der Waals surface area contributed by atoms with Crippen LogP contribution in [0.5, 0.6) is 0 Å². The van der Waals surface area contributed by atoms with Crippen LogP contribution in [0.4, 0.5) is 5.69 Å². The highest BCUT2D eigenvalue weighted by atomic mass is 15.2. The first-order chi connectivity index (χ1) is 20.2. The molecule has 0 spiro atoms. The van der Waals surface area contributed by atoms with Gasteiger partial charge < -0.3 is 9.47 Å². The molecule has 1 aromatic carbocycles. The Hall–Kier alpha value is -4.25. The standard InChI is InChI=1S/C38H35N3/c1-25-21-22-29-30-16-10-20-35(38(30)41(36(29)23-25)32-17-7-5-13-27(32)24-39)40-33-18-8-6-14-31(33)37-28(15-9-19-34(37)40)26-11-3-2-4-12-26/h3,5-10,15-22,25,27,31,34,37H,2,4,12-14,23H2,1H3. The number of fused-ring (bicyclic) bond motifs is 6. The van der Waals surface area contributed by atoms with Crippen molar-refractivity contribution in [3.63, 3.8) is 0 Å². The van der Waals surface area contributed by atoms with E-state index in [-0.39, 0.29) is 12.0 Å². The predicted octanol–water partition coefficient (Wildman–Crippen LogP) is 8.81. The Labute approximate surface area is 242 Å². The molecule has 0 saturated carbocycles. The summed E-state index contributed by atoms with van der Waals surface area (Å²) < 4.78 is 2.48. The van der Waals surface area contributed by atoms with Crippen molar-refractivity contribution < 1.29 is 0 Å². The zero-order valence-corrected chi connectivity index (χ0v) is 23.6. The molecular formula is C38H35N3. The molecule has 5 aliphatic carbocycles. The van der Waals surface area contributed by atoms with Gasteiger partial charge in [0, 0.05) is 39.9 Å². The second kappa shape index (κ2) is 9.69. The lowest BCUT2D eigenvalue weighted by molar-refractivity contribution is 0.468. The molecule has 1 aromatic heterocycles. The van der Waals surface area contributed by atoms with Crippen LogP contribution in [0.3, 0.4) is 0 Å². The quantitative estimate of drug-likeness (QED) is 0.369. The highest BCUT2D eigenvalue weighted by Gasteiger charge is 2.48. The highest BCUT2D eigenvalue weighted by molar-refractivity contribution is 6.02. The molecule has 1 fully saturated rings. The topological polar surface area (TPSA) is 32.0 Å². The van der Waals surface area contributed by atoms with Gasteiger partial charge in [-0.05, 0) is 79.9 Å². The highest BCUT2D eigenvalue weighted by Crippen LogP contribution is 2.53. The molecule has 0 amide bonds. The van der Waals surface area contributed by atoms with Crippen molar-refractivity contribution >= 4 is 28.4 Å². The van der Waals surface area contributed by atoms with Gasteiger partial charge in [0.1, 0.15) is 0 Å².